The van der Waals surface area contributed by atoms with Crippen LogP contribution in [-0.4, -0.2) is 39.9 Å². The van der Waals surface area contributed by atoms with Gasteiger partial charge in [-0.2, -0.15) is 5.26 Å². The first-order chi connectivity index (χ1) is 16.0. The molecule has 0 spiro atoms. The van der Waals surface area contributed by atoms with Crippen molar-refractivity contribution in [1.82, 2.24) is 14.5 Å². The van der Waals surface area contributed by atoms with E-state index < -0.39 is 0 Å². The number of fused-ring (bicyclic) bond motifs is 2. The molecule has 2 aromatic heterocycles. The van der Waals surface area contributed by atoms with Crippen LogP contribution in [0.3, 0.4) is 0 Å². The number of para-hydroxylation sites is 1. The van der Waals surface area contributed by atoms with Gasteiger partial charge in [-0.05, 0) is 30.7 Å². The minimum atomic E-state index is -0.343. The number of aromatic amines is 1. The zero-order valence-electron chi connectivity index (χ0n) is 18.4. The summed E-state index contributed by atoms with van der Waals surface area (Å²) in [6, 6.07) is 15.5. The lowest BCUT2D eigenvalue weighted by molar-refractivity contribution is -0.136. The Hall–Kier alpha value is -4.31. The summed E-state index contributed by atoms with van der Waals surface area (Å²) < 4.78 is 7.35. The van der Waals surface area contributed by atoms with E-state index in [-0.39, 0.29) is 24.8 Å². The number of methoxy groups -OCH3 is 1. The highest BCUT2D eigenvalue weighted by molar-refractivity contribution is 6.50. The average molecular weight is 438 g/mol. The fourth-order valence-electron chi connectivity index (χ4n) is 4.57. The monoisotopic (exact) mass is 438 g/mol. The number of imide groups is 1. The van der Waals surface area contributed by atoms with Crippen LogP contribution in [0.15, 0.2) is 54.9 Å². The summed E-state index contributed by atoms with van der Waals surface area (Å²) in [6.45, 7) is 0.203. The molecule has 1 aliphatic heterocycles. The lowest BCUT2D eigenvalue weighted by Crippen LogP contribution is -2.32. The maximum Gasteiger partial charge on any atom is 0.262 e. The van der Waals surface area contributed by atoms with Crippen molar-refractivity contribution in [3.63, 3.8) is 0 Å². The molecule has 1 N–H and O–H groups in total. The van der Waals surface area contributed by atoms with Gasteiger partial charge >= 0.3 is 0 Å². The molecule has 164 valence electrons. The SMILES string of the molecule is COc1ccc2[nH]cc(C3=C(c4cn(C)c5ccccc45)C(=O)N(CCCC#N)C3=O)c2c1. The van der Waals surface area contributed by atoms with Crippen LogP contribution in [0, 0.1) is 11.3 Å². The zero-order chi connectivity index (χ0) is 23.1. The molecule has 7 nitrogen and oxygen atoms in total. The molecule has 0 atom stereocenters. The fourth-order valence-corrected chi connectivity index (χ4v) is 4.57. The van der Waals surface area contributed by atoms with Crippen molar-refractivity contribution >= 4 is 44.8 Å². The van der Waals surface area contributed by atoms with Gasteiger partial charge in [-0.3, -0.25) is 14.5 Å². The highest BCUT2D eigenvalue weighted by atomic mass is 16.5. The van der Waals surface area contributed by atoms with Crippen LogP contribution in [-0.2, 0) is 16.6 Å². The van der Waals surface area contributed by atoms with Gasteiger partial charge in [0.15, 0.2) is 0 Å². The first kappa shape index (κ1) is 20.6. The van der Waals surface area contributed by atoms with E-state index in [1.165, 1.54) is 4.90 Å². The summed E-state index contributed by atoms with van der Waals surface area (Å²) >= 11 is 0. The highest BCUT2D eigenvalue weighted by Gasteiger charge is 2.41. The van der Waals surface area contributed by atoms with E-state index >= 15 is 0 Å². The summed E-state index contributed by atoms with van der Waals surface area (Å²) in [4.78, 5) is 31.8. The molecule has 4 aromatic rings. The number of hydrogen-bond donors (Lipinski definition) is 1. The van der Waals surface area contributed by atoms with Crippen molar-refractivity contribution in [1.29, 1.82) is 5.26 Å². The van der Waals surface area contributed by atoms with Gasteiger partial charge in [0.1, 0.15) is 5.75 Å². The number of benzene rings is 2. The Morgan fingerprint density at radius 2 is 1.79 bits per heavy atom. The van der Waals surface area contributed by atoms with Gasteiger partial charge < -0.3 is 14.3 Å². The second kappa shape index (κ2) is 7.99. The van der Waals surface area contributed by atoms with Gasteiger partial charge in [0.25, 0.3) is 11.8 Å². The van der Waals surface area contributed by atoms with E-state index in [2.05, 4.69) is 11.1 Å². The minimum Gasteiger partial charge on any atom is -0.497 e. The summed E-state index contributed by atoms with van der Waals surface area (Å²) in [5, 5.41) is 10.6. The van der Waals surface area contributed by atoms with Gasteiger partial charge in [-0.15, -0.1) is 0 Å². The van der Waals surface area contributed by atoms with Gasteiger partial charge in [-0.1, -0.05) is 18.2 Å². The average Bonchev–Trinajstić information content (AvgIpc) is 3.46. The maximum absolute atomic E-state index is 13.6. The topological polar surface area (TPSA) is 91.1 Å². The van der Waals surface area contributed by atoms with E-state index in [0.29, 0.717) is 28.9 Å². The summed E-state index contributed by atoms with van der Waals surface area (Å²) in [7, 11) is 3.52. The number of H-pyrrole nitrogens is 1. The number of carbonyl (C=O) groups is 2. The Labute approximate surface area is 190 Å². The molecule has 0 fully saturated rings. The van der Waals surface area contributed by atoms with Crippen molar-refractivity contribution in [3.05, 3.63) is 66.0 Å². The van der Waals surface area contributed by atoms with E-state index in [1.807, 2.05) is 60.3 Å². The van der Waals surface area contributed by atoms with Crippen LogP contribution >= 0.6 is 0 Å². The molecule has 5 rings (SSSR count). The molecule has 3 heterocycles. The van der Waals surface area contributed by atoms with E-state index in [9.17, 15) is 9.59 Å². The largest absolute Gasteiger partial charge is 0.497 e. The molecular formula is C26H22N4O3. The number of unbranched alkanes of at least 4 members (excludes halogenated alkanes) is 1. The number of nitrogens with zero attached hydrogens (tertiary/aromatic N) is 3. The van der Waals surface area contributed by atoms with Crippen LogP contribution in [0.1, 0.15) is 24.0 Å². The first-order valence-corrected chi connectivity index (χ1v) is 10.7. The third kappa shape index (κ3) is 3.19. The van der Waals surface area contributed by atoms with Gasteiger partial charge in [0.2, 0.25) is 0 Å². The second-order valence-corrected chi connectivity index (χ2v) is 8.06. The number of nitriles is 1. The number of hydrogen-bond acceptors (Lipinski definition) is 4. The Balaban J connectivity index is 1.77. The van der Waals surface area contributed by atoms with Crippen LogP contribution in [0.25, 0.3) is 33.0 Å². The summed E-state index contributed by atoms with van der Waals surface area (Å²) in [5.41, 5.74) is 3.96. The van der Waals surface area contributed by atoms with Crippen molar-refractivity contribution in [3.8, 4) is 11.8 Å². The molecular weight excluding hydrogens is 416 g/mol. The fraction of sp³-hybridized carbons (Fsp3) is 0.192. The number of aromatic nitrogens is 2. The molecule has 2 amide bonds. The highest BCUT2D eigenvalue weighted by Crippen LogP contribution is 2.41. The third-order valence-corrected chi connectivity index (χ3v) is 6.16. The quantitative estimate of drug-likeness (QED) is 0.360. The summed E-state index contributed by atoms with van der Waals surface area (Å²) in [6.07, 6.45) is 4.39. The number of ether oxygens (including phenoxy) is 1. The molecule has 2 aromatic carbocycles. The van der Waals surface area contributed by atoms with Crippen molar-refractivity contribution in [2.24, 2.45) is 7.05 Å². The number of rotatable bonds is 6. The van der Waals surface area contributed by atoms with Crippen LogP contribution < -0.4 is 4.74 Å². The Kier molecular flexibility index (Phi) is 4.98. The molecule has 0 aliphatic carbocycles. The molecule has 0 bridgehead atoms. The van der Waals surface area contributed by atoms with Crippen LogP contribution in [0.4, 0.5) is 0 Å². The predicted molar refractivity (Wildman–Crippen MR) is 126 cm³/mol. The first-order valence-electron chi connectivity index (χ1n) is 10.7. The second-order valence-electron chi connectivity index (χ2n) is 8.06. The molecule has 0 unspecified atom stereocenters. The van der Waals surface area contributed by atoms with Crippen molar-refractivity contribution in [2.75, 3.05) is 13.7 Å². The molecule has 0 radical (unpaired) electrons. The van der Waals surface area contributed by atoms with Crippen LogP contribution in [0.2, 0.25) is 0 Å². The standard InChI is InChI=1S/C26H22N4O3/c1-29-15-20(17-7-3-4-8-22(17)29)24-23(25(31)30(26(24)32)12-6-5-11-27)19-14-28-21-10-9-16(33-2)13-18(19)21/h3-4,7-10,13-15,28H,5-6,12H2,1-2H3. The number of aryl methyl sites for hydroxylation is 1. The zero-order valence-corrected chi connectivity index (χ0v) is 18.4. The van der Waals surface area contributed by atoms with Gasteiger partial charge in [0, 0.05) is 65.3 Å². The Morgan fingerprint density at radius 1 is 1.03 bits per heavy atom. The molecule has 0 saturated carbocycles. The predicted octanol–water partition coefficient (Wildman–Crippen LogP) is 4.25. The van der Waals surface area contributed by atoms with Gasteiger partial charge in [-0.25, -0.2) is 0 Å². The van der Waals surface area contributed by atoms with Crippen LogP contribution in [0.5, 0.6) is 5.75 Å². The summed E-state index contributed by atoms with van der Waals surface area (Å²) in [5.74, 6) is -0.00978. The Bertz CT molecular complexity index is 1500. The third-order valence-electron chi connectivity index (χ3n) is 6.16. The van der Waals surface area contributed by atoms with E-state index in [0.717, 1.165) is 27.4 Å². The molecule has 7 heteroatoms. The molecule has 0 saturated heterocycles. The lowest BCUT2D eigenvalue weighted by Gasteiger charge is -2.14. The van der Waals surface area contributed by atoms with Crippen molar-refractivity contribution < 1.29 is 14.3 Å². The minimum absolute atomic E-state index is 0.203. The number of carbonyl (C=O) groups excluding carboxylic acids is 2. The smallest absolute Gasteiger partial charge is 0.262 e. The number of amides is 2. The van der Waals surface area contributed by atoms with Gasteiger partial charge in [0.05, 0.1) is 24.3 Å². The van der Waals surface area contributed by atoms with Crippen molar-refractivity contribution in [2.45, 2.75) is 12.8 Å². The number of nitrogens with one attached hydrogen (secondary N) is 1. The maximum atomic E-state index is 13.6. The lowest BCUT2D eigenvalue weighted by atomic mass is 9.95. The molecule has 33 heavy (non-hydrogen) atoms. The molecule has 1 aliphatic rings. The van der Waals surface area contributed by atoms with E-state index in [4.69, 9.17) is 10.00 Å². The van der Waals surface area contributed by atoms with E-state index in [1.54, 1.807) is 13.3 Å². The normalized spacial score (nSPS) is 14.0. The Morgan fingerprint density at radius 3 is 2.55 bits per heavy atom.